The summed E-state index contributed by atoms with van der Waals surface area (Å²) in [7, 11) is 0. The summed E-state index contributed by atoms with van der Waals surface area (Å²) in [6.07, 6.45) is 2.07. The predicted molar refractivity (Wildman–Crippen MR) is 56.4 cm³/mol. The minimum Gasteiger partial charge on any atom is -0.330 e. The zero-order valence-corrected chi connectivity index (χ0v) is 7.95. The van der Waals surface area contributed by atoms with Crippen molar-refractivity contribution in [2.45, 2.75) is 12.8 Å². The average molecular weight is 178 g/mol. The van der Waals surface area contributed by atoms with Crippen LogP contribution in [-0.2, 0) is 6.42 Å². The molecule has 4 N–H and O–H groups in total. The summed E-state index contributed by atoms with van der Waals surface area (Å²) < 4.78 is 0. The molecule has 0 aliphatic carbocycles. The SMILES string of the molecule is NCCC(CN)Cc1ccccc1. The van der Waals surface area contributed by atoms with E-state index in [9.17, 15) is 0 Å². The topological polar surface area (TPSA) is 52.0 Å². The fourth-order valence-electron chi connectivity index (χ4n) is 1.49. The first kappa shape index (κ1) is 10.2. The lowest BCUT2D eigenvalue weighted by Gasteiger charge is -2.12. The van der Waals surface area contributed by atoms with Gasteiger partial charge in [-0.3, -0.25) is 0 Å². The van der Waals surface area contributed by atoms with E-state index >= 15 is 0 Å². The Kier molecular flexibility index (Phi) is 4.50. The Morgan fingerprint density at radius 3 is 2.31 bits per heavy atom. The summed E-state index contributed by atoms with van der Waals surface area (Å²) in [4.78, 5) is 0. The number of hydrogen-bond acceptors (Lipinski definition) is 2. The lowest BCUT2D eigenvalue weighted by molar-refractivity contribution is 0.501. The van der Waals surface area contributed by atoms with Gasteiger partial charge in [0.05, 0.1) is 0 Å². The van der Waals surface area contributed by atoms with Crippen LogP contribution in [0, 0.1) is 5.92 Å². The third-order valence-electron chi connectivity index (χ3n) is 2.28. The van der Waals surface area contributed by atoms with Crippen molar-refractivity contribution in [3.63, 3.8) is 0 Å². The lowest BCUT2D eigenvalue weighted by atomic mass is 9.96. The van der Waals surface area contributed by atoms with Crippen LogP contribution < -0.4 is 11.5 Å². The summed E-state index contributed by atoms with van der Waals surface area (Å²) in [5.41, 5.74) is 12.5. The molecule has 0 spiro atoms. The molecule has 0 radical (unpaired) electrons. The second-order valence-corrected chi connectivity index (χ2v) is 3.37. The molecule has 1 rings (SSSR count). The quantitative estimate of drug-likeness (QED) is 0.710. The molecule has 0 fully saturated rings. The smallest absolute Gasteiger partial charge is 0.00452 e. The highest BCUT2D eigenvalue weighted by molar-refractivity contribution is 5.15. The second kappa shape index (κ2) is 5.73. The van der Waals surface area contributed by atoms with Crippen molar-refractivity contribution in [3.8, 4) is 0 Å². The zero-order chi connectivity index (χ0) is 9.52. The van der Waals surface area contributed by atoms with Crippen molar-refractivity contribution < 1.29 is 0 Å². The molecule has 0 amide bonds. The predicted octanol–water partition coefficient (Wildman–Crippen LogP) is 1.15. The van der Waals surface area contributed by atoms with Crippen LogP contribution in [0.3, 0.4) is 0 Å². The van der Waals surface area contributed by atoms with Crippen LogP contribution in [0.4, 0.5) is 0 Å². The maximum absolute atomic E-state index is 5.65. The van der Waals surface area contributed by atoms with Gasteiger partial charge in [-0.05, 0) is 37.4 Å². The largest absolute Gasteiger partial charge is 0.330 e. The second-order valence-electron chi connectivity index (χ2n) is 3.37. The van der Waals surface area contributed by atoms with Crippen LogP contribution in [0.2, 0.25) is 0 Å². The maximum atomic E-state index is 5.65. The Morgan fingerprint density at radius 1 is 1.08 bits per heavy atom. The number of rotatable bonds is 5. The van der Waals surface area contributed by atoms with Gasteiger partial charge in [0.2, 0.25) is 0 Å². The fourth-order valence-corrected chi connectivity index (χ4v) is 1.49. The highest BCUT2D eigenvalue weighted by atomic mass is 14.6. The standard InChI is InChI=1S/C11H18N2/c12-7-6-11(9-13)8-10-4-2-1-3-5-10/h1-5,11H,6-9,12-13H2. The van der Waals surface area contributed by atoms with Gasteiger partial charge in [0.15, 0.2) is 0 Å². The normalized spacial score (nSPS) is 12.8. The van der Waals surface area contributed by atoms with Crippen molar-refractivity contribution in [2.75, 3.05) is 13.1 Å². The lowest BCUT2D eigenvalue weighted by Crippen LogP contribution is -2.20. The van der Waals surface area contributed by atoms with E-state index in [0.29, 0.717) is 5.92 Å². The monoisotopic (exact) mass is 178 g/mol. The molecule has 13 heavy (non-hydrogen) atoms. The van der Waals surface area contributed by atoms with Gasteiger partial charge in [0.25, 0.3) is 0 Å². The van der Waals surface area contributed by atoms with Gasteiger partial charge in [0, 0.05) is 0 Å². The molecule has 0 aliphatic heterocycles. The van der Waals surface area contributed by atoms with Crippen LogP contribution in [0.15, 0.2) is 30.3 Å². The molecule has 2 nitrogen and oxygen atoms in total. The van der Waals surface area contributed by atoms with Crippen molar-refractivity contribution in [3.05, 3.63) is 35.9 Å². The molecule has 72 valence electrons. The highest BCUT2D eigenvalue weighted by Gasteiger charge is 2.05. The first-order valence-corrected chi connectivity index (χ1v) is 4.81. The van der Waals surface area contributed by atoms with E-state index in [0.717, 1.165) is 25.9 Å². The number of hydrogen-bond donors (Lipinski definition) is 2. The first-order valence-electron chi connectivity index (χ1n) is 4.81. The van der Waals surface area contributed by atoms with Gasteiger partial charge < -0.3 is 11.5 Å². The highest BCUT2D eigenvalue weighted by Crippen LogP contribution is 2.09. The van der Waals surface area contributed by atoms with Crippen LogP contribution in [0.25, 0.3) is 0 Å². The first-order chi connectivity index (χ1) is 6.36. The van der Waals surface area contributed by atoms with E-state index in [1.54, 1.807) is 0 Å². The molecule has 0 aromatic heterocycles. The van der Waals surface area contributed by atoms with Crippen LogP contribution >= 0.6 is 0 Å². The molecule has 2 heteroatoms. The van der Waals surface area contributed by atoms with Crippen molar-refractivity contribution >= 4 is 0 Å². The molecule has 1 atom stereocenters. The zero-order valence-electron chi connectivity index (χ0n) is 7.95. The Hall–Kier alpha value is -0.860. The van der Waals surface area contributed by atoms with Gasteiger partial charge in [-0.1, -0.05) is 30.3 Å². The molecule has 1 aromatic rings. The number of benzene rings is 1. The third kappa shape index (κ3) is 3.57. The van der Waals surface area contributed by atoms with E-state index in [4.69, 9.17) is 11.5 Å². The van der Waals surface area contributed by atoms with Gasteiger partial charge in [-0.25, -0.2) is 0 Å². The molecule has 1 aromatic carbocycles. The Bertz CT molecular complexity index is 221. The molecule has 0 heterocycles. The fraction of sp³-hybridized carbons (Fsp3) is 0.455. The van der Waals surface area contributed by atoms with Gasteiger partial charge in [-0.15, -0.1) is 0 Å². The molecule has 0 aliphatic rings. The van der Waals surface area contributed by atoms with E-state index in [-0.39, 0.29) is 0 Å². The van der Waals surface area contributed by atoms with Crippen LogP contribution in [-0.4, -0.2) is 13.1 Å². The van der Waals surface area contributed by atoms with Crippen molar-refractivity contribution in [2.24, 2.45) is 17.4 Å². The van der Waals surface area contributed by atoms with Gasteiger partial charge in [-0.2, -0.15) is 0 Å². The third-order valence-corrected chi connectivity index (χ3v) is 2.28. The van der Waals surface area contributed by atoms with Crippen molar-refractivity contribution in [1.82, 2.24) is 0 Å². The summed E-state index contributed by atoms with van der Waals surface area (Å²) in [6, 6.07) is 10.4. The minimum atomic E-state index is 0.535. The molecule has 0 saturated carbocycles. The Balaban J connectivity index is 2.46. The summed E-state index contributed by atoms with van der Waals surface area (Å²) in [5.74, 6) is 0.535. The maximum Gasteiger partial charge on any atom is -0.00452 e. The Labute approximate surface area is 79.9 Å². The average Bonchev–Trinajstić information content (AvgIpc) is 2.19. The molecule has 0 saturated heterocycles. The summed E-state index contributed by atoms with van der Waals surface area (Å²) in [5, 5.41) is 0. The van der Waals surface area contributed by atoms with E-state index < -0.39 is 0 Å². The number of nitrogens with two attached hydrogens (primary N) is 2. The van der Waals surface area contributed by atoms with E-state index in [2.05, 4.69) is 24.3 Å². The molecular formula is C11H18N2. The summed E-state index contributed by atoms with van der Waals surface area (Å²) in [6.45, 7) is 1.46. The van der Waals surface area contributed by atoms with E-state index in [1.165, 1.54) is 5.56 Å². The Morgan fingerprint density at radius 2 is 1.77 bits per heavy atom. The molecular weight excluding hydrogens is 160 g/mol. The van der Waals surface area contributed by atoms with Crippen molar-refractivity contribution in [1.29, 1.82) is 0 Å². The summed E-state index contributed by atoms with van der Waals surface area (Å²) >= 11 is 0. The van der Waals surface area contributed by atoms with Crippen LogP contribution in [0.1, 0.15) is 12.0 Å². The molecule has 0 bridgehead atoms. The van der Waals surface area contributed by atoms with Crippen LogP contribution in [0.5, 0.6) is 0 Å². The van der Waals surface area contributed by atoms with E-state index in [1.807, 2.05) is 6.07 Å². The van der Waals surface area contributed by atoms with Gasteiger partial charge in [0.1, 0.15) is 0 Å². The minimum absolute atomic E-state index is 0.535. The molecule has 1 unspecified atom stereocenters. The van der Waals surface area contributed by atoms with Gasteiger partial charge >= 0.3 is 0 Å².